The van der Waals surface area contributed by atoms with E-state index in [0.717, 1.165) is 24.6 Å². The van der Waals surface area contributed by atoms with Gasteiger partial charge < -0.3 is 19.9 Å². The zero-order valence-corrected chi connectivity index (χ0v) is 17.0. The molecule has 9 heteroatoms. The first kappa shape index (κ1) is 20.9. The van der Waals surface area contributed by atoms with Gasteiger partial charge in [-0.3, -0.25) is 14.4 Å². The number of nitrogens with zero attached hydrogens (tertiary/aromatic N) is 1. The first-order valence-corrected chi connectivity index (χ1v) is 10.4. The van der Waals surface area contributed by atoms with Crippen LogP contribution in [0.25, 0.3) is 0 Å². The number of carbonyl (C=O) groups is 3. The van der Waals surface area contributed by atoms with Crippen molar-refractivity contribution >= 4 is 35.4 Å². The van der Waals surface area contributed by atoms with Crippen molar-refractivity contribution in [3.05, 3.63) is 47.7 Å². The number of rotatable bonds is 9. The molecule has 2 N–H and O–H groups in total. The fraction of sp³-hybridized carbons (Fsp3) is 0.400. The van der Waals surface area contributed by atoms with E-state index < -0.39 is 17.3 Å². The topological polar surface area (TPSA) is 111 Å². The van der Waals surface area contributed by atoms with Crippen molar-refractivity contribution in [3.8, 4) is 0 Å². The fourth-order valence-electron chi connectivity index (χ4n) is 2.49. The number of esters is 1. The number of aromatic nitrogens is 1. The summed E-state index contributed by atoms with van der Waals surface area (Å²) in [5.41, 5.74) is 0.608. The lowest BCUT2D eigenvalue weighted by atomic mass is 10.1. The van der Waals surface area contributed by atoms with Crippen LogP contribution in [-0.2, 0) is 19.1 Å². The number of ether oxygens (including phenoxy) is 1. The maximum Gasteiger partial charge on any atom is 0.317 e. The molecule has 1 fully saturated rings. The predicted octanol–water partition coefficient (Wildman–Crippen LogP) is 2.61. The lowest BCUT2D eigenvalue weighted by molar-refractivity contribution is -0.154. The second kappa shape index (κ2) is 9.60. The largest absolute Gasteiger partial charge is 0.447 e. The van der Waals surface area contributed by atoms with Gasteiger partial charge in [0.05, 0.1) is 11.0 Å². The molecule has 0 spiro atoms. The highest BCUT2D eigenvalue weighted by Crippen LogP contribution is 2.24. The van der Waals surface area contributed by atoms with Gasteiger partial charge in [0.25, 0.3) is 5.91 Å². The summed E-state index contributed by atoms with van der Waals surface area (Å²) in [6, 6.07) is 10.6. The number of aryl methyl sites for hydroxylation is 1. The second-order valence-electron chi connectivity index (χ2n) is 6.83. The first-order valence-electron chi connectivity index (χ1n) is 9.33. The second-order valence-corrected chi connectivity index (χ2v) is 8.16. The van der Waals surface area contributed by atoms with E-state index >= 15 is 0 Å². The molecule has 1 aromatic heterocycles. The van der Waals surface area contributed by atoms with E-state index in [0.29, 0.717) is 17.1 Å². The summed E-state index contributed by atoms with van der Waals surface area (Å²) < 4.78 is 10.3. The molecule has 29 heavy (non-hydrogen) atoms. The predicted molar refractivity (Wildman–Crippen MR) is 108 cm³/mol. The SMILES string of the molecule is Cc1cc(NC(=O)[C@H](C)SCC(=O)O[C@@H](C(=O)NC2CC2)c2ccccc2)no1. The molecule has 8 nitrogen and oxygen atoms in total. The molecule has 0 aliphatic heterocycles. The van der Waals surface area contributed by atoms with Crippen LogP contribution >= 0.6 is 11.8 Å². The van der Waals surface area contributed by atoms with Crippen LogP contribution in [0.15, 0.2) is 40.9 Å². The minimum atomic E-state index is -1.01. The van der Waals surface area contributed by atoms with Gasteiger partial charge in [-0.15, -0.1) is 11.8 Å². The summed E-state index contributed by atoms with van der Waals surface area (Å²) >= 11 is 1.12. The number of thioether (sulfide) groups is 1. The number of nitrogens with one attached hydrogen (secondary N) is 2. The number of benzene rings is 1. The number of anilines is 1. The van der Waals surface area contributed by atoms with Crippen molar-refractivity contribution in [1.82, 2.24) is 10.5 Å². The first-order chi connectivity index (χ1) is 13.9. The van der Waals surface area contributed by atoms with Gasteiger partial charge in [0, 0.05) is 17.7 Å². The van der Waals surface area contributed by atoms with Crippen molar-refractivity contribution in [2.75, 3.05) is 11.1 Å². The molecule has 2 aromatic rings. The third kappa shape index (κ3) is 6.35. The Morgan fingerprint density at radius 3 is 2.59 bits per heavy atom. The number of amides is 2. The Balaban J connectivity index is 1.52. The van der Waals surface area contributed by atoms with Crippen molar-refractivity contribution in [2.45, 2.75) is 44.1 Å². The summed E-state index contributed by atoms with van der Waals surface area (Å²) in [5, 5.41) is 8.67. The van der Waals surface area contributed by atoms with Crippen LogP contribution in [-0.4, -0.2) is 40.0 Å². The van der Waals surface area contributed by atoms with E-state index in [4.69, 9.17) is 9.26 Å². The highest BCUT2D eigenvalue weighted by atomic mass is 32.2. The zero-order chi connectivity index (χ0) is 20.8. The molecule has 0 radical (unpaired) electrons. The number of hydrogen-bond acceptors (Lipinski definition) is 7. The van der Waals surface area contributed by atoms with E-state index in [2.05, 4.69) is 15.8 Å². The average Bonchev–Trinajstić information content (AvgIpc) is 3.43. The maximum atomic E-state index is 12.5. The van der Waals surface area contributed by atoms with E-state index in [1.54, 1.807) is 44.2 Å². The Bertz CT molecular complexity index is 866. The smallest absolute Gasteiger partial charge is 0.317 e. The number of hydrogen-bond donors (Lipinski definition) is 2. The molecule has 1 heterocycles. The Hall–Kier alpha value is -2.81. The van der Waals surface area contributed by atoms with Gasteiger partial charge in [-0.25, -0.2) is 0 Å². The van der Waals surface area contributed by atoms with Crippen LogP contribution in [0, 0.1) is 6.92 Å². The van der Waals surface area contributed by atoms with Crippen molar-refractivity contribution in [3.63, 3.8) is 0 Å². The van der Waals surface area contributed by atoms with E-state index in [1.165, 1.54) is 0 Å². The monoisotopic (exact) mass is 417 g/mol. The molecule has 0 bridgehead atoms. The fourth-order valence-corrected chi connectivity index (χ4v) is 3.16. The molecule has 1 saturated carbocycles. The molecule has 1 aliphatic rings. The van der Waals surface area contributed by atoms with Crippen LogP contribution in [0.2, 0.25) is 0 Å². The Kier molecular flexibility index (Phi) is 6.92. The molecular formula is C20H23N3O5S. The minimum Gasteiger partial charge on any atom is -0.447 e. The van der Waals surface area contributed by atoms with Crippen LogP contribution in [0.3, 0.4) is 0 Å². The quantitative estimate of drug-likeness (QED) is 0.603. The van der Waals surface area contributed by atoms with Gasteiger partial charge in [0.2, 0.25) is 12.0 Å². The highest BCUT2D eigenvalue weighted by Gasteiger charge is 2.31. The Morgan fingerprint density at radius 2 is 1.97 bits per heavy atom. The van der Waals surface area contributed by atoms with E-state index in [-0.39, 0.29) is 23.6 Å². The number of carbonyl (C=O) groups excluding carboxylic acids is 3. The lowest BCUT2D eigenvalue weighted by Crippen LogP contribution is -2.34. The minimum absolute atomic E-state index is 0.0630. The van der Waals surface area contributed by atoms with Gasteiger partial charge in [0.15, 0.2) is 5.82 Å². The van der Waals surface area contributed by atoms with Crippen LogP contribution in [0.1, 0.15) is 37.2 Å². The summed E-state index contributed by atoms with van der Waals surface area (Å²) in [6.45, 7) is 3.40. The van der Waals surface area contributed by atoms with Crippen LogP contribution < -0.4 is 10.6 Å². The Morgan fingerprint density at radius 1 is 1.24 bits per heavy atom. The summed E-state index contributed by atoms with van der Waals surface area (Å²) in [4.78, 5) is 37.0. The molecule has 154 valence electrons. The summed E-state index contributed by atoms with van der Waals surface area (Å²) in [7, 11) is 0. The van der Waals surface area contributed by atoms with Crippen LogP contribution in [0.5, 0.6) is 0 Å². The molecule has 2 amide bonds. The third-order valence-electron chi connectivity index (χ3n) is 4.21. The average molecular weight is 417 g/mol. The van der Waals surface area contributed by atoms with E-state index in [9.17, 15) is 14.4 Å². The maximum absolute atomic E-state index is 12.5. The molecule has 3 rings (SSSR count). The third-order valence-corrected chi connectivity index (χ3v) is 5.33. The van der Waals surface area contributed by atoms with Gasteiger partial charge in [-0.2, -0.15) is 0 Å². The van der Waals surface area contributed by atoms with Crippen molar-refractivity contribution in [2.24, 2.45) is 0 Å². The lowest BCUT2D eigenvalue weighted by Gasteiger charge is -2.18. The molecule has 2 atom stereocenters. The van der Waals surface area contributed by atoms with E-state index in [1.807, 2.05) is 6.07 Å². The standard InChI is InChI=1S/C20H23N3O5S/c1-12-10-16(23-28-12)22-19(25)13(2)29-11-17(24)27-18(14-6-4-3-5-7-14)20(26)21-15-8-9-15/h3-7,10,13,15,18H,8-9,11H2,1-2H3,(H,21,26)(H,22,23,25)/t13-,18+/m0/s1. The van der Waals surface area contributed by atoms with Gasteiger partial charge in [-0.1, -0.05) is 35.5 Å². The van der Waals surface area contributed by atoms with Gasteiger partial charge in [0.1, 0.15) is 5.76 Å². The molecule has 1 aliphatic carbocycles. The van der Waals surface area contributed by atoms with Crippen molar-refractivity contribution < 1.29 is 23.6 Å². The van der Waals surface area contributed by atoms with Crippen molar-refractivity contribution in [1.29, 1.82) is 0 Å². The zero-order valence-electron chi connectivity index (χ0n) is 16.2. The van der Waals surface area contributed by atoms with Gasteiger partial charge >= 0.3 is 5.97 Å². The summed E-state index contributed by atoms with van der Waals surface area (Å²) in [6.07, 6.45) is 0.871. The molecule has 0 saturated heterocycles. The van der Waals surface area contributed by atoms with Gasteiger partial charge in [-0.05, 0) is 26.7 Å². The van der Waals surface area contributed by atoms with Crippen LogP contribution in [0.4, 0.5) is 5.82 Å². The Labute approximate surface area is 172 Å². The normalized spacial score (nSPS) is 15.2. The molecule has 0 unspecified atom stereocenters. The summed E-state index contributed by atoms with van der Waals surface area (Å²) in [5.74, 6) is -0.353. The molecular weight excluding hydrogens is 394 g/mol. The highest BCUT2D eigenvalue weighted by molar-refractivity contribution is 8.01. The molecule has 1 aromatic carbocycles.